The fourth-order valence-corrected chi connectivity index (χ4v) is 2.69. The van der Waals surface area contributed by atoms with Gasteiger partial charge in [-0.25, -0.2) is 0 Å². The van der Waals surface area contributed by atoms with Crippen molar-refractivity contribution in [3.8, 4) is 0 Å². The van der Waals surface area contributed by atoms with Crippen molar-refractivity contribution in [2.24, 2.45) is 10.7 Å². The molecule has 0 unspecified atom stereocenters. The molecular weight excluding hydrogens is 337 g/mol. The number of alkyl halides is 3. The summed E-state index contributed by atoms with van der Waals surface area (Å²) in [5.41, 5.74) is 5.20. The Balaban J connectivity index is 2.40. The lowest BCUT2D eigenvalue weighted by Crippen LogP contribution is -2.50. The van der Waals surface area contributed by atoms with Crippen molar-refractivity contribution in [2.45, 2.75) is 32.0 Å². The lowest BCUT2D eigenvalue weighted by molar-refractivity contribution is -0.142. The van der Waals surface area contributed by atoms with Gasteiger partial charge in [-0.1, -0.05) is 0 Å². The van der Waals surface area contributed by atoms with Crippen molar-refractivity contribution < 1.29 is 18.0 Å². The maximum atomic E-state index is 12.3. The van der Waals surface area contributed by atoms with Crippen LogP contribution in [0.2, 0.25) is 0 Å². The number of carbonyl (C=O) groups is 1. The average molecular weight is 366 g/mol. The van der Waals surface area contributed by atoms with E-state index < -0.39 is 12.7 Å². The first-order valence-electron chi connectivity index (χ1n) is 8.50. The highest BCUT2D eigenvalue weighted by atomic mass is 19.4. The molecule has 0 radical (unpaired) electrons. The van der Waals surface area contributed by atoms with E-state index in [0.717, 1.165) is 25.9 Å². The van der Waals surface area contributed by atoms with E-state index in [2.05, 4.69) is 15.6 Å². The molecule has 1 saturated heterocycles. The van der Waals surface area contributed by atoms with Gasteiger partial charge in [0.15, 0.2) is 5.96 Å². The molecule has 1 aliphatic rings. The Morgan fingerprint density at radius 1 is 1.36 bits per heavy atom. The first-order chi connectivity index (χ1) is 11.7. The van der Waals surface area contributed by atoms with Crippen molar-refractivity contribution >= 4 is 11.9 Å². The quantitative estimate of drug-likeness (QED) is 0.415. The number of hydrogen-bond acceptors (Lipinski definition) is 4. The van der Waals surface area contributed by atoms with Crippen LogP contribution in [0.25, 0.3) is 0 Å². The number of hydrogen-bond donors (Lipinski definition) is 3. The van der Waals surface area contributed by atoms with Gasteiger partial charge in [-0.2, -0.15) is 13.2 Å². The number of likely N-dealkylation sites (tertiary alicyclic amines) is 1. The molecule has 0 atom stereocenters. The standard InChI is InChI=1S/C15H29F3N6O/c1-3-20-14(21-6-9-23(2)11-15(16,17)18)22-12-4-7-24(8-5-12)10-13(19)25/h12H,3-11H2,1-2H3,(H2,19,25)(H2,20,21,22). The van der Waals surface area contributed by atoms with Crippen LogP contribution in [-0.2, 0) is 4.79 Å². The largest absolute Gasteiger partial charge is 0.401 e. The first-order valence-corrected chi connectivity index (χ1v) is 8.50. The predicted molar refractivity (Wildman–Crippen MR) is 91.3 cm³/mol. The van der Waals surface area contributed by atoms with Crippen molar-refractivity contribution in [1.82, 2.24) is 20.4 Å². The number of amides is 1. The summed E-state index contributed by atoms with van der Waals surface area (Å²) in [6.45, 7) is 3.99. The molecule has 10 heteroatoms. The monoisotopic (exact) mass is 366 g/mol. The molecule has 1 aliphatic heterocycles. The van der Waals surface area contributed by atoms with Crippen molar-refractivity contribution in [2.75, 3.05) is 52.9 Å². The van der Waals surface area contributed by atoms with E-state index in [0.29, 0.717) is 12.5 Å². The van der Waals surface area contributed by atoms with Crippen LogP contribution in [-0.4, -0.2) is 86.7 Å². The Hall–Kier alpha value is -1.55. The van der Waals surface area contributed by atoms with E-state index in [1.807, 2.05) is 11.8 Å². The third-order valence-corrected chi connectivity index (χ3v) is 3.85. The molecular formula is C15H29F3N6O. The summed E-state index contributed by atoms with van der Waals surface area (Å²) in [6.07, 6.45) is -2.49. The van der Waals surface area contributed by atoms with Gasteiger partial charge < -0.3 is 16.4 Å². The number of likely N-dealkylation sites (N-methyl/N-ethyl adjacent to an activating group) is 1. The summed E-state index contributed by atoms with van der Waals surface area (Å²) in [4.78, 5) is 18.5. The first kappa shape index (κ1) is 21.5. The molecule has 0 aromatic carbocycles. The van der Waals surface area contributed by atoms with E-state index in [1.54, 1.807) is 0 Å². The molecule has 25 heavy (non-hydrogen) atoms. The number of nitrogens with one attached hydrogen (secondary N) is 2. The van der Waals surface area contributed by atoms with E-state index in [-0.39, 0.29) is 31.6 Å². The Labute approximate surface area is 146 Å². The highest BCUT2D eigenvalue weighted by molar-refractivity contribution is 5.80. The fourth-order valence-electron chi connectivity index (χ4n) is 2.69. The number of piperidine rings is 1. The lowest BCUT2D eigenvalue weighted by Gasteiger charge is -2.32. The normalized spacial score (nSPS) is 17.8. The fraction of sp³-hybridized carbons (Fsp3) is 0.867. The second kappa shape index (κ2) is 10.4. The summed E-state index contributed by atoms with van der Waals surface area (Å²) in [7, 11) is 1.43. The third kappa shape index (κ3) is 10.1. The molecule has 0 spiro atoms. The molecule has 0 saturated carbocycles. The van der Waals surface area contributed by atoms with Crippen LogP contribution in [0.15, 0.2) is 4.99 Å². The Kier molecular flexibility index (Phi) is 8.98. The smallest absolute Gasteiger partial charge is 0.369 e. The maximum absolute atomic E-state index is 12.3. The molecule has 0 aliphatic carbocycles. The number of nitrogens with two attached hydrogens (primary N) is 1. The minimum atomic E-state index is -4.19. The molecule has 0 aromatic rings. The Bertz CT molecular complexity index is 435. The molecule has 4 N–H and O–H groups in total. The van der Waals surface area contributed by atoms with E-state index in [4.69, 9.17) is 5.73 Å². The van der Waals surface area contributed by atoms with Gasteiger partial charge in [0, 0.05) is 32.2 Å². The van der Waals surface area contributed by atoms with Crippen LogP contribution >= 0.6 is 0 Å². The van der Waals surface area contributed by atoms with E-state index in [9.17, 15) is 18.0 Å². The van der Waals surface area contributed by atoms with Gasteiger partial charge >= 0.3 is 6.18 Å². The highest BCUT2D eigenvalue weighted by Crippen LogP contribution is 2.15. The number of carbonyl (C=O) groups excluding carboxylic acids is 1. The number of primary amides is 1. The predicted octanol–water partition coefficient (Wildman–Crippen LogP) is -0.0147. The summed E-state index contributed by atoms with van der Waals surface area (Å²) in [6, 6.07) is 0.217. The molecule has 0 bridgehead atoms. The van der Waals surface area contributed by atoms with Crippen LogP contribution in [0.3, 0.4) is 0 Å². The second-order valence-electron chi connectivity index (χ2n) is 6.27. The minimum absolute atomic E-state index is 0.217. The van der Waals surface area contributed by atoms with Gasteiger partial charge in [0.2, 0.25) is 5.91 Å². The zero-order chi connectivity index (χ0) is 18.9. The zero-order valence-corrected chi connectivity index (χ0v) is 14.9. The lowest BCUT2D eigenvalue weighted by atomic mass is 10.1. The summed E-state index contributed by atoms with van der Waals surface area (Å²) < 4.78 is 36.9. The average Bonchev–Trinajstić information content (AvgIpc) is 2.47. The summed E-state index contributed by atoms with van der Waals surface area (Å²) in [5.74, 6) is 0.278. The van der Waals surface area contributed by atoms with Crippen LogP contribution in [0.1, 0.15) is 19.8 Å². The van der Waals surface area contributed by atoms with Gasteiger partial charge in [-0.05, 0) is 26.8 Å². The molecule has 1 amide bonds. The topological polar surface area (TPSA) is 86.0 Å². The molecule has 146 valence electrons. The number of rotatable bonds is 8. The highest BCUT2D eigenvalue weighted by Gasteiger charge is 2.28. The van der Waals surface area contributed by atoms with E-state index >= 15 is 0 Å². The maximum Gasteiger partial charge on any atom is 0.401 e. The minimum Gasteiger partial charge on any atom is -0.369 e. The second-order valence-corrected chi connectivity index (χ2v) is 6.27. The number of guanidine groups is 1. The Morgan fingerprint density at radius 3 is 2.52 bits per heavy atom. The number of aliphatic imine (C=N–C) groups is 1. The van der Waals surface area contributed by atoms with Gasteiger partial charge in [0.25, 0.3) is 0 Å². The molecule has 7 nitrogen and oxygen atoms in total. The van der Waals surface area contributed by atoms with E-state index in [1.165, 1.54) is 11.9 Å². The molecule has 1 rings (SSSR count). The van der Waals surface area contributed by atoms with Crippen LogP contribution in [0.4, 0.5) is 13.2 Å². The molecule has 1 heterocycles. The van der Waals surface area contributed by atoms with Crippen molar-refractivity contribution in [3.05, 3.63) is 0 Å². The summed E-state index contributed by atoms with van der Waals surface area (Å²) in [5, 5.41) is 6.41. The number of nitrogens with zero attached hydrogens (tertiary/aromatic N) is 3. The zero-order valence-electron chi connectivity index (χ0n) is 14.9. The SMILES string of the molecule is CCNC(=NCCN(C)CC(F)(F)F)NC1CCN(CC(N)=O)CC1. The van der Waals surface area contributed by atoms with Crippen LogP contribution in [0.5, 0.6) is 0 Å². The van der Waals surface area contributed by atoms with Crippen LogP contribution in [0, 0.1) is 0 Å². The third-order valence-electron chi connectivity index (χ3n) is 3.85. The molecule has 0 aromatic heterocycles. The van der Waals surface area contributed by atoms with Gasteiger partial charge in [-0.15, -0.1) is 0 Å². The Morgan fingerprint density at radius 2 is 2.00 bits per heavy atom. The number of halogens is 3. The van der Waals surface area contributed by atoms with Gasteiger partial charge in [0.1, 0.15) is 0 Å². The van der Waals surface area contributed by atoms with Gasteiger partial charge in [0.05, 0.1) is 19.6 Å². The molecule has 1 fully saturated rings. The van der Waals surface area contributed by atoms with Crippen molar-refractivity contribution in [1.29, 1.82) is 0 Å². The van der Waals surface area contributed by atoms with Gasteiger partial charge in [-0.3, -0.25) is 19.6 Å². The van der Waals surface area contributed by atoms with Crippen molar-refractivity contribution in [3.63, 3.8) is 0 Å². The summed E-state index contributed by atoms with van der Waals surface area (Å²) >= 11 is 0. The van der Waals surface area contributed by atoms with Crippen LogP contribution < -0.4 is 16.4 Å².